The van der Waals surface area contributed by atoms with Gasteiger partial charge in [-0.25, -0.2) is 4.68 Å². The molecule has 3 aromatic rings. The average Bonchev–Trinajstić information content (AvgIpc) is 3.22. The van der Waals surface area contributed by atoms with Gasteiger partial charge in [-0.3, -0.25) is 4.79 Å². The molecule has 140 valence electrons. The maximum absolute atomic E-state index is 12.0. The Balaban J connectivity index is 1.43. The molecule has 2 aromatic carbocycles. The highest BCUT2D eigenvalue weighted by Crippen LogP contribution is 2.27. The molecule has 3 rings (SSSR count). The van der Waals surface area contributed by atoms with Gasteiger partial charge in [0.15, 0.2) is 18.1 Å². The second kappa shape index (κ2) is 8.89. The van der Waals surface area contributed by atoms with Crippen LogP contribution in [-0.2, 0) is 11.2 Å². The van der Waals surface area contributed by atoms with Crippen molar-refractivity contribution in [2.45, 2.75) is 13.3 Å². The summed E-state index contributed by atoms with van der Waals surface area (Å²) in [6.07, 6.45) is 4.40. The topological polar surface area (TPSA) is 65.4 Å². The second-order valence-electron chi connectivity index (χ2n) is 6.16. The van der Waals surface area contributed by atoms with Crippen molar-refractivity contribution < 1.29 is 14.3 Å². The van der Waals surface area contributed by atoms with Gasteiger partial charge in [-0.05, 0) is 54.8 Å². The number of rotatable bonds is 8. The first-order valence-corrected chi connectivity index (χ1v) is 8.79. The summed E-state index contributed by atoms with van der Waals surface area (Å²) >= 11 is 0. The van der Waals surface area contributed by atoms with Gasteiger partial charge < -0.3 is 14.8 Å². The zero-order chi connectivity index (χ0) is 19.1. The van der Waals surface area contributed by atoms with Crippen LogP contribution in [-0.4, -0.2) is 35.9 Å². The molecule has 6 heteroatoms. The monoisotopic (exact) mass is 365 g/mol. The Morgan fingerprint density at radius 3 is 2.67 bits per heavy atom. The number of amides is 1. The third kappa shape index (κ3) is 5.10. The number of benzene rings is 2. The lowest BCUT2D eigenvalue weighted by Gasteiger charge is -2.11. The normalized spacial score (nSPS) is 10.4. The fourth-order valence-electron chi connectivity index (χ4n) is 2.67. The van der Waals surface area contributed by atoms with E-state index in [1.807, 2.05) is 66.3 Å². The van der Waals surface area contributed by atoms with E-state index in [1.165, 1.54) is 0 Å². The highest BCUT2D eigenvalue weighted by Gasteiger charge is 2.07. The van der Waals surface area contributed by atoms with E-state index in [9.17, 15) is 4.79 Å². The first-order chi connectivity index (χ1) is 13.2. The van der Waals surface area contributed by atoms with Gasteiger partial charge in [0.2, 0.25) is 0 Å². The Kier molecular flexibility index (Phi) is 6.10. The molecule has 0 unspecified atom stereocenters. The number of hydrogen-bond donors (Lipinski definition) is 1. The van der Waals surface area contributed by atoms with E-state index < -0.39 is 0 Å². The minimum Gasteiger partial charge on any atom is -0.493 e. The fraction of sp³-hybridized carbons (Fsp3) is 0.238. The van der Waals surface area contributed by atoms with E-state index in [0.717, 1.165) is 23.2 Å². The summed E-state index contributed by atoms with van der Waals surface area (Å²) < 4.78 is 12.6. The first-order valence-electron chi connectivity index (χ1n) is 8.79. The predicted octanol–water partition coefficient (Wildman–Crippen LogP) is 2.93. The Hall–Kier alpha value is -3.28. The van der Waals surface area contributed by atoms with Crippen molar-refractivity contribution in [2.75, 3.05) is 20.3 Å². The summed E-state index contributed by atoms with van der Waals surface area (Å²) in [4.78, 5) is 12.0. The van der Waals surface area contributed by atoms with E-state index in [-0.39, 0.29) is 12.5 Å². The van der Waals surface area contributed by atoms with E-state index in [1.54, 1.807) is 13.3 Å². The van der Waals surface area contributed by atoms with Crippen molar-refractivity contribution in [3.05, 3.63) is 72.1 Å². The maximum atomic E-state index is 12.0. The smallest absolute Gasteiger partial charge is 0.257 e. The van der Waals surface area contributed by atoms with Crippen LogP contribution in [0.4, 0.5) is 0 Å². The molecule has 0 aliphatic carbocycles. The number of ether oxygens (including phenoxy) is 2. The number of carbonyl (C=O) groups is 1. The van der Waals surface area contributed by atoms with Gasteiger partial charge in [-0.2, -0.15) is 5.10 Å². The summed E-state index contributed by atoms with van der Waals surface area (Å²) in [5.41, 5.74) is 3.22. The van der Waals surface area contributed by atoms with Gasteiger partial charge in [0.25, 0.3) is 5.91 Å². The standard InChI is InChI=1S/C21H23N3O3/c1-16-4-9-19(20(14-16)26-2)27-15-21(25)22-12-10-17-5-7-18(8-6-17)24-13-3-11-23-24/h3-9,11,13-14H,10,12,15H2,1-2H3,(H,22,25). The summed E-state index contributed by atoms with van der Waals surface area (Å²) in [7, 11) is 1.58. The molecule has 0 saturated carbocycles. The maximum Gasteiger partial charge on any atom is 0.257 e. The van der Waals surface area contributed by atoms with E-state index in [0.29, 0.717) is 18.0 Å². The fourth-order valence-corrected chi connectivity index (χ4v) is 2.67. The minimum atomic E-state index is -0.161. The molecule has 27 heavy (non-hydrogen) atoms. The van der Waals surface area contributed by atoms with Crippen LogP contribution in [0.1, 0.15) is 11.1 Å². The number of methoxy groups -OCH3 is 1. The van der Waals surface area contributed by atoms with Crippen molar-refractivity contribution in [2.24, 2.45) is 0 Å². The van der Waals surface area contributed by atoms with Crippen molar-refractivity contribution in [1.29, 1.82) is 0 Å². The number of hydrogen-bond acceptors (Lipinski definition) is 4. The Labute approximate surface area is 158 Å². The van der Waals surface area contributed by atoms with E-state index in [2.05, 4.69) is 10.4 Å². The molecule has 0 bridgehead atoms. The lowest BCUT2D eigenvalue weighted by Crippen LogP contribution is -2.30. The Morgan fingerprint density at radius 2 is 1.96 bits per heavy atom. The Morgan fingerprint density at radius 1 is 1.15 bits per heavy atom. The van der Waals surface area contributed by atoms with Crippen molar-refractivity contribution >= 4 is 5.91 Å². The molecule has 1 aromatic heterocycles. The number of aryl methyl sites for hydroxylation is 1. The molecule has 1 amide bonds. The molecule has 1 N–H and O–H groups in total. The van der Waals surface area contributed by atoms with Gasteiger partial charge in [-0.15, -0.1) is 0 Å². The molecule has 0 atom stereocenters. The SMILES string of the molecule is COc1cc(C)ccc1OCC(=O)NCCc1ccc(-n2cccn2)cc1. The zero-order valence-corrected chi connectivity index (χ0v) is 15.5. The van der Waals surface area contributed by atoms with E-state index in [4.69, 9.17) is 9.47 Å². The number of aromatic nitrogens is 2. The van der Waals surface area contributed by atoms with Gasteiger partial charge >= 0.3 is 0 Å². The van der Waals surface area contributed by atoms with Gasteiger partial charge in [0.05, 0.1) is 12.8 Å². The summed E-state index contributed by atoms with van der Waals surface area (Å²) in [5.74, 6) is 1.03. The quantitative estimate of drug-likeness (QED) is 0.667. The van der Waals surface area contributed by atoms with Crippen molar-refractivity contribution in [3.63, 3.8) is 0 Å². The summed E-state index contributed by atoms with van der Waals surface area (Å²) in [5, 5.41) is 7.07. The third-order valence-electron chi connectivity index (χ3n) is 4.12. The van der Waals surface area contributed by atoms with Gasteiger partial charge in [-0.1, -0.05) is 18.2 Å². The molecular weight excluding hydrogens is 342 g/mol. The molecule has 0 fully saturated rings. The molecule has 0 saturated heterocycles. The highest BCUT2D eigenvalue weighted by molar-refractivity contribution is 5.77. The van der Waals surface area contributed by atoms with Gasteiger partial charge in [0, 0.05) is 18.9 Å². The van der Waals surface area contributed by atoms with Crippen LogP contribution in [0.5, 0.6) is 11.5 Å². The van der Waals surface area contributed by atoms with Crippen LogP contribution < -0.4 is 14.8 Å². The van der Waals surface area contributed by atoms with Gasteiger partial charge in [0.1, 0.15) is 0 Å². The highest BCUT2D eigenvalue weighted by atomic mass is 16.5. The molecule has 0 aliphatic rings. The summed E-state index contributed by atoms with van der Waals surface area (Å²) in [6.45, 7) is 2.48. The number of nitrogens with zero attached hydrogens (tertiary/aromatic N) is 2. The lowest BCUT2D eigenvalue weighted by molar-refractivity contribution is -0.123. The second-order valence-corrected chi connectivity index (χ2v) is 6.16. The molecule has 1 heterocycles. The molecule has 0 radical (unpaired) electrons. The first kappa shape index (κ1) is 18.5. The third-order valence-corrected chi connectivity index (χ3v) is 4.12. The Bertz CT molecular complexity index is 874. The molecule has 0 spiro atoms. The van der Waals surface area contributed by atoms with Crippen molar-refractivity contribution in [1.82, 2.24) is 15.1 Å². The average molecular weight is 365 g/mol. The number of nitrogens with one attached hydrogen (secondary N) is 1. The predicted molar refractivity (Wildman–Crippen MR) is 104 cm³/mol. The summed E-state index contributed by atoms with van der Waals surface area (Å²) in [6, 6.07) is 15.6. The van der Waals surface area contributed by atoms with Crippen LogP contribution >= 0.6 is 0 Å². The lowest BCUT2D eigenvalue weighted by atomic mass is 10.1. The van der Waals surface area contributed by atoms with Crippen LogP contribution in [0.25, 0.3) is 5.69 Å². The molecular formula is C21H23N3O3. The van der Waals surface area contributed by atoms with E-state index >= 15 is 0 Å². The minimum absolute atomic E-state index is 0.0440. The molecule has 6 nitrogen and oxygen atoms in total. The zero-order valence-electron chi connectivity index (χ0n) is 15.5. The van der Waals surface area contributed by atoms with Crippen LogP contribution in [0.2, 0.25) is 0 Å². The largest absolute Gasteiger partial charge is 0.493 e. The van der Waals surface area contributed by atoms with Crippen LogP contribution in [0, 0.1) is 6.92 Å². The molecule has 0 aliphatic heterocycles. The van der Waals surface area contributed by atoms with Crippen molar-refractivity contribution in [3.8, 4) is 17.2 Å². The van der Waals surface area contributed by atoms with Crippen LogP contribution in [0.3, 0.4) is 0 Å². The van der Waals surface area contributed by atoms with Crippen LogP contribution in [0.15, 0.2) is 60.9 Å². The number of carbonyl (C=O) groups excluding carboxylic acids is 1.